The Labute approximate surface area is 618 Å². The fourth-order valence-corrected chi connectivity index (χ4v) is 11.6. The van der Waals surface area contributed by atoms with Crippen molar-refractivity contribution in [3.05, 3.63) is 134 Å². The lowest BCUT2D eigenvalue weighted by atomic mass is 10.1. The number of aliphatic hydroxyl groups is 1. The summed E-state index contributed by atoms with van der Waals surface area (Å²) in [6.45, 7) is 4.58. The van der Waals surface area contributed by atoms with Crippen LogP contribution in [0.1, 0.15) is 310 Å². The summed E-state index contributed by atoms with van der Waals surface area (Å²) < 4.78 is 68.4. The average molecular weight is 1470 g/mol. The molecule has 19 heteroatoms. The first kappa shape index (κ1) is 97.2. The van der Waals surface area contributed by atoms with Gasteiger partial charge in [0.05, 0.1) is 26.4 Å². The van der Waals surface area contributed by atoms with Gasteiger partial charge in [0.2, 0.25) is 0 Å². The highest BCUT2D eigenvalue weighted by Gasteiger charge is 2.30. The zero-order valence-electron chi connectivity index (χ0n) is 63.7. The molecule has 0 aromatic carbocycles. The van der Waals surface area contributed by atoms with E-state index >= 15 is 0 Å². The van der Waals surface area contributed by atoms with Crippen LogP contribution >= 0.6 is 15.6 Å². The monoisotopic (exact) mass is 1470 g/mol. The molecule has 0 bridgehead atoms. The van der Waals surface area contributed by atoms with Gasteiger partial charge in [0.15, 0.2) is 12.2 Å². The zero-order valence-corrected chi connectivity index (χ0v) is 65.5. The lowest BCUT2D eigenvalue weighted by Gasteiger charge is -2.21. The highest BCUT2D eigenvalue weighted by molar-refractivity contribution is 7.47. The fraction of sp³-hybridized carbons (Fsp3) is 0.687. The molecule has 0 aromatic heterocycles. The van der Waals surface area contributed by atoms with E-state index in [2.05, 4.69) is 149 Å². The molecule has 102 heavy (non-hydrogen) atoms. The molecule has 2 unspecified atom stereocenters. The molecule has 0 aliphatic carbocycles. The molecule has 584 valence electrons. The van der Waals surface area contributed by atoms with Gasteiger partial charge in [-0.3, -0.25) is 37.3 Å². The molecule has 17 nitrogen and oxygen atoms in total. The van der Waals surface area contributed by atoms with Crippen molar-refractivity contribution >= 4 is 39.5 Å². The predicted molar refractivity (Wildman–Crippen MR) is 418 cm³/mol. The topological polar surface area (TPSA) is 237 Å². The molecule has 5 atom stereocenters. The number of hydrogen-bond donors (Lipinski definition) is 3. The maximum Gasteiger partial charge on any atom is 0.472 e. The maximum atomic E-state index is 13.1. The molecular formula is C83H140O17P2. The van der Waals surface area contributed by atoms with E-state index in [0.29, 0.717) is 32.1 Å². The third-order valence-electron chi connectivity index (χ3n) is 16.1. The van der Waals surface area contributed by atoms with Crippen LogP contribution in [-0.2, 0) is 65.4 Å². The number of carbonyl (C=O) groups excluding carboxylic acids is 4. The van der Waals surface area contributed by atoms with E-state index in [-0.39, 0.29) is 25.7 Å². The van der Waals surface area contributed by atoms with Crippen molar-refractivity contribution < 1.29 is 80.2 Å². The van der Waals surface area contributed by atoms with Crippen LogP contribution in [0.25, 0.3) is 0 Å². The number of esters is 4. The number of phosphoric acid groups is 2. The van der Waals surface area contributed by atoms with Crippen LogP contribution in [0.4, 0.5) is 0 Å². The Morgan fingerprint density at radius 2 is 0.520 bits per heavy atom. The van der Waals surface area contributed by atoms with Crippen molar-refractivity contribution in [1.82, 2.24) is 0 Å². The molecule has 0 aliphatic heterocycles. The van der Waals surface area contributed by atoms with Crippen molar-refractivity contribution in [2.75, 3.05) is 39.6 Å². The lowest BCUT2D eigenvalue weighted by molar-refractivity contribution is -0.161. The maximum absolute atomic E-state index is 13.1. The summed E-state index contributed by atoms with van der Waals surface area (Å²) in [5.41, 5.74) is 0. The molecule has 3 N–H and O–H groups in total. The zero-order chi connectivity index (χ0) is 74.6. The molecule has 0 fully saturated rings. The Morgan fingerprint density at radius 3 is 0.863 bits per heavy atom. The standard InChI is InChI=1S/C83H140O17P2/c1-5-9-13-17-21-25-29-33-35-37-38-40-42-46-50-54-58-62-66-70-83(88)100-79(74-94-81(86)68-64-60-56-52-48-45-41-39-36-34-30-26-22-18-14-10-6-2)76-98-102(91,92)96-72-77(84)71-95-101(89,90)97-75-78(99-82(87)69-65-61-57-53-49-44-32-28-24-20-16-12-8-4)73-93-80(85)67-63-59-55-51-47-43-31-27-23-19-15-11-7-3/h9,13,21-22,25-28,31-36,38,40-41,45-46,50,52,56,77-79,84H,5-8,10-12,14-20,23-24,29-30,37,39,42-44,47-49,51,53-55,57-76H2,1-4H3,(H,89,90)(H,91,92)/b13-9-,25-21-,26-22-,31-27-,32-28-,35-33-,36-34-,40-38-,45-41-,50-46-,56-52-/t77-,78+,79+/m0/s1. The highest BCUT2D eigenvalue weighted by Crippen LogP contribution is 2.45. The Balaban J connectivity index is 5.46. The van der Waals surface area contributed by atoms with Gasteiger partial charge in [-0.2, -0.15) is 0 Å². The van der Waals surface area contributed by atoms with Gasteiger partial charge >= 0.3 is 39.5 Å². The van der Waals surface area contributed by atoms with E-state index in [0.717, 1.165) is 154 Å². The van der Waals surface area contributed by atoms with Crippen molar-refractivity contribution in [3.8, 4) is 0 Å². The molecule has 0 aliphatic rings. The summed E-state index contributed by atoms with van der Waals surface area (Å²) in [6, 6.07) is 0. The van der Waals surface area contributed by atoms with Crippen LogP contribution in [0, 0.1) is 0 Å². The molecule has 0 rings (SSSR count). The molecule has 0 amide bonds. The van der Waals surface area contributed by atoms with E-state index in [1.54, 1.807) is 0 Å². The number of rotatable bonds is 73. The van der Waals surface area contributed by atoms with Gasteiger partial charge in [0.25, 0.3) is 0 Å². The van der Waals surface area contributed by atoms with Gasteiger partial charge in [-0.15, -0.1) is 0 Å². The Bertz CT molecular complexity index is 2460. The second-order valence-corrected chi connectivity index (χ2v) is 28.8. The number of phosphoric ester groups is 2. The normalized spacial score (nSPS) is 14.6. The van der Waals surface area contributed by atoms with E-state index in [4.69, 9.17) is 37.0 Å². The quantitative estimate of drug-likeness (QED) is 0.0169. The summed E-state index contributed by atoms with van der Waals surface area (Å²) in [5, 5.41) is 10.6. The first-order valence-electron chi connectivity index (χ1n) is 39.4. The Morgan fingerprint density at radius 1 is 0.284 bits per heavy atom. The largest absolute Gasteiger partial charge is 0.472 e. The van der Waals surface area contributed by atoms with E-state index in [1.165, 1.54) is 70.6 Å². The number of carbonyl (C=O) groups is 4. The first-order valence-corrected chi connectivity index (χ1v) is 42.4. The van der Waals surface area contributed by atoms with Crippen LogP contribution < -0.4 is 0 Å². The lowest BCUT2D eigenvalue weighted by Crippen LogP contribution is -2.30. The number of ether oxygens (including phenoxy) is 4. The average Bonchev–Trinajstić information content (AvgIpc) is 0.907. The molecule has 0 spiro atoms. The van der Waals surface area contributed by atoms with E-state index < -0.39 is 97.5 Å². The molecule has 0 saturated heterocycles. The minimum Gasteiger partial charge on any atom is -0.462 e. The van der Waals surface area contributed by atoms with Crippen molar-refractivity contribution in [2.45, 2.75) is 329 Å². The van der Waals surface area contributed by atoms with Crippen LogP contribution in [0.5, 0.6) is 0 Å². The summed E-state index contributed by atoms with van der Waals surface area (Å²) >= 11 is 0. The van der Waals surface area contributed by atoms with Crippen molar-refractivity contribution in [2.24, 2.45) is 0 Å². The van der Waals surface area contributed by atoms with Crippen molar-refractivity contribution in [1.29, 1.82) is 0 Å². The predicted octanol–water partition coefficient (Wildman–Crippen LogP) is 22.9. The van der Waals surface area contributed by atoms with Crippen LogP contribution in [0.15, 0.2) is 134 Å². The van der Waals surface area contributed by atoms with Crippen LogP contribution in [0.3, 0.4) is 0 Å². The number of unbranched alkanes of at least 4 members (excludes halogenated alkanes) is 25. The molecule has 0 radical (unpaired) electrons. The number of aliphatic hydroxyl groups excluding tert-OH is 1. The Hall–Kier alpha value is -4.80. The van der Waals surface area contributed by atoms with Gasteiger partial charge in [-0.1, -0.05) is 258 Å². The highest BCUT2D eigenvalue weighted by atomic mass is 31.2. The van der Waals surface area contributed by atoms with Crippen LogP contribution in [-0.4, -0.2) is 96.7 Å². The number of hydrogen-bond acceptors (Lipinski definition) is 15. The third-order valence-corrected chi connectivity index (χ3v) is 18.0. The summed E-state index contributed by atoms with van der Waals surface area (Å²) in [6.07, 6.45) is 83.0. The molecule has 0 saturated carbocycles. The van der Waals surface area contributed by atoms with Gasteiger partial charge < -0.3 is 33.8 Å². The molecule has 0 aromatic rings. The van der Waals surface area contributed by atoms with Crippen molar-refractivity contribution in [3.63, 3.8) is 0 Å². The van der Waals surface area contributed by atoms with Gasteiger partial charge in [-0.25, -0.2) is 9.13 Å². The SMILES string of the molecule is CC/C=C\C/C=C\C/C=C\C/C=C\C/C=C\CCCCCC(=O)O[C@H](COC(=O)CCC/C=C\C/C=C\C/C=C\C/C=C\CCCCC)COP(=O)(O)OC[C@@H](O)COP(=O)(O)OC[C@@H](COC(=O)CCCCCCC/C=C\CCCCCC)OC(=O)CCCCCCC/C=C\CCCCCC. The van der Waals surface area contributed by atoms with E-state index in [1.807, 2.05) is 12.2 Å². The molecule has 0 heterocycles. The number of allylic oxidation sites excluding steroid dienone is 22. The second kappa shape index (κ2) is 74.5. The summed E-state index contributed by atoms with van der Waals surface area (Å²) in [7, 11) is -9.99. The fourth-order valence-electron chi connectivity index (χ4n) is 10.1. The second-order valence-electron chi connectivity index (χ2n) is 25.9. The summed E-state index contributed by atoms with van der Waals surface area (Å²) in [4.78, 5) is 72.9. The summed E-state index contributed by atoms with van der Waals surface area (Å²) in [5.74, 6) is -2.30. The minimum absolute atomic E-state index is 0.0404. The third kappa shape index (κ3) is 73.5. The Kier molecular flexibility index (Phi) is 71.0. The first-order chi connectivity index (χ1) is 49.7. The van der Waals surface area contributed by atoms with Gasteiger partial charge in [0, 0.05) is 25.7 Å². The van der Waals surface area contributed by atoms with Crippen LogP contribution in [0.2, 0.25) is 0 Å². The van der Waals surface area contributed by atoms with Gasteiger partial charge in [-0.05, 0) is 161 Å². The van der Waals surface area contributed by atoms with Gasteiger partial charge in [0.1, 0.15) is 19.3 Å². The smallest absolute Gasteiger partial charge is 0.462 e. The van der Waals surface area contributed by atoms with E-state index in [9.17, 15) is 43.2 Å². The molecular weight excluding hydrogens is 1330 g/mol. The minimum atomic E-state index is -5.00.